The molecule has 0 aliphatic rings. The molecule has 0 bridgehead atoms. The highest BCUT2D eigenvalue weighted by atomic mass is 35.5. The fourth-order valence-electron chi connectivity index (χ4n) is 1.82. The van der Waals surface area contributed by atoms with Gasteiger partial charge in [0.05, 0.1) is 12.2 Å². The van der Waals surface area contributed by atoms with E-state index in [0.29, 0.717) is 10.6 Å². The molecule has 0 saturated carbocycles. The molecule has 18 heavy (non-hydrogen) atoms. The number of benzene rings is 1. The molecule has 0 amide bonds. The van der Waals surface area contributed by atoms with Gasteiger partial charge in [0.1, 0.15) is 5.82 Å². The number of nitrogens with two attached hydrogens (primary N) is 1. The minimum Gasteiger partial charge on any atom is -0.320 e. The van der Waals surface area contributed by atoms with E-state index in [1.807, 2.05) is 10.9 Å². The summed E-state index contributed by atoms with van der Waals surface area (Å²) < 4.78 is 15.6. The van der Waals surface area contributed by atoms with Crippen LogP contribution >= 0.6 is 11.6 Å². The maximum absolute atomic E-state index is 13.7. The summed E-state index contributed by atoms with van der Waals surface area (Å²) in [5.41, 5.74) is 7.26. The van der Waals surface area contributed by atoms with Gasteiger partial charge in [-0.05, 0) is 18.6 Å². The van der Waals surface area contributed by atoms with Crippen LogP contribution in [-0.2, 0) is 6.54 Å². The third-order valence-corrected chi connectivity index (χ3v) is 3.00. The maximum Gasteiger partial charge on any atom is 0.129 e. The lowest BCUT2D eigenvalue weighted by atomic mass is 10.0. The van der Waals surface area contributed by atoms with Crippen molar-refractivity contribution >= 4 is 11.6 Å². The monoisotopic (exact) mass is 267 g/mol. The van der Waals surface area contributed by atoms with Crippen LogP contribution in [-0.4, -0.2) is 9.78 Å². The van der Waals surface area contributed by atoms with Gasteiger partial charge in [-0.2, -0.15) is 5.10 Å². The van der Waals surface area contributed by atoms with Crippen molar-refractivity contribution in [2.45, 2.75) is 25.9 Å². The zero-order valence-corrected chi connectivity index (χ0v) is 10.9. The van der Waals surface area contributed by atoms with Gasteiger partial charge in [-0.25, -0.2) is 4.39 Å². The number of rotatable bonds is 4. The summed E-state index contributed by atoms with van der Waals surface area (Å²) in [5, 5.41) is 4.55. The van der Waals surface area contributed by atoms with E-state index in [1.54, 1.807) is 18.3 Å². The molecule has 0 aliphatic carbocycles. The van der Waals surface area contributed by atoms with Crippen LogP contribution in [0.25, 0.3) is 0 Å². The summed E-state index contributed by atoms with van der Waals surface area (Å²) in [5.74, 6) is -0.391. The van der Waals surface area contributed by atoms with Gasteiger partial charge < -0.3 is 5.73 Å². The van der Waals surface area contributed by atoms with Crippen molar-refractivity contribution in [3.05, 3.63) is 52.6 Å². The molecular weight excluding hydrogens is 253 g/mol. The first-order valence-corrected chi connectivity index (χ1v) is 6.22. The van der Waals surface area contributed by atoms with Crippen LogP contribution in [0, 0.1) is 5.82 Å². The van der Waals surface area contributed by atoms with Gasteiger partial charge >= 0.3 is 0 Å². The summed E-state index contributed by atoms with van der Waals surface area (Å²) in [7, 11) is 0. The zero-order valence-electron chi connectivity index (χ0n) is 10.1. The molecule has 0 spiro atoms. The van der Waals surface area contributed by atoms with Crippen molar-refractivity contribution < 1.29 is 4.39 Å². The quantitative estimate of drug-likeness (QED) is 0.925. The van der Waals surface area contributed by atoms with Gasteiger partial charge in [-0.3, -0.25) is 4.68 Å². The van der Waals surface area contributed by atoms with Crippen LogP contribution in [0.1, 0.15) is 30.5 Å². The highest BCUT2D eigenvalue weighted by molar-refractivity contribution is 6.30. The number of aromatic nitrogens is 2. The number of halogens is 2. The minimum atomic E-state index is -0.520. The molecule has 5 heteroatoms. The van der Waals surface area contributed by atoms with E-state index in [-0.39, 0.29) is 0 Å². The lowest BCUT2D eigenvalue weighted by Gasteiger charge is -2.11. The molecule has 0 fully saturated rings. The van der Waals surface area contributed by atoms with Crippen molar-refractivity contribution in [2.24, 2.45) is 5.73 Å². The van der Waals surface area contributed by atoms with Gasteiger partial charge in [0.2, 0.25) is 0 Å². The predicted molar refractivity (Wildman–Crippen MR) is 70.0 cm³/mol. The smallest absolute Gasteiger partial charge is 0.129 e. The van der Waals surface area contributed by atoms with Crippen molar-refractivity contribution in [3.8, 4) is 0 Å². The van der Waals surface area contributed by atoms with Crippen LogP contribution < -0.4 is 5.73 Å². The Balaban J connectivity index is 2.26. The molecule has 2 aromatic rings. The van der Waals surface area contributed by atoms with E-state index < -0.39 is 11.9 Å². The summed E-state index contributed by atoms with van der Waals surface area (Å²) >= 11 is 5.72. The highest BCUT2D eigenvalue weighted by Crippen LogP contribution is 2.24. The molecule has 3 nitrogen and oxygen atoms in total. The summed E-state index contributed by atoms with van der Waals surface area (Å²) in [6, 6.07) is 4.00. The Morgan fingerprint density at radius 3 is 2.94 bits per heavy atom. The Kier molecular flexibility index (Phi) is 3.99. The van der Waals surface area contributed by atoms with E-state index in [9.17, 15) is 4.39 Å². The van der Waals surface area contributed by atoms with Crippen molar-refractivity contribution in [3.63, 3.8) is 0 Å². The minimum absolute atomic E-state index is 0.366. The van der Waals surface area contributed by atoms with Crippen LogP contribution in [0.5, 0.6) is 0 Å². The Labute approximate surface area is 110 Å². The molecule has 0 saturated heterocycles. The Morgan fingerprint density at radius 1 is 1.50 bits per heavy atom. The first kappa shape index (κ1) is 13.1. The van der Waals surface area contributed by atoms with Crippen LogP contribution in [0.2, 0.25) is 5.02 Å². The van der Waals surface area contributed by atoms with E-state index in [1.165, 1.54) is 6.07 Å². The molecule has 1 aromatic heterocycles. The van der Waals surface area contributed by atoms with Gasteiger partial charge in [0, 0.05) is 28.9 Å². The molecule has 1 heterocycles. The second-order valence-electron chi connectivity index (χ2n) is 4.18. The fraction of sp³-hybridized carbons (Fsp3) is 0.308. The second-order valence-corrected chi connectivity index (χ2v) is 4.62. The third-order valence-electron chi connectivity index (χ3n) is 2.76. The van der Waals surface area contributed by atoms with E-state index in [4.69, 9.17) is 17.3 Å². The van der Waals surface area contributed by atoms with Crippen molar-refractivity contribution in [1.29, 1.82) is 0 Å². The second kappa shape index (κ2) is 5.50. The lowest BCUT2D eigenvalue weighted by Crippen LogP contribution is -2.13. The molecule has 96 valence electrons. The Morgan fingerprint density at radius 2 is 2.28 bits per heavy atom. The molecule has 2 rings (SSSR count). The predicted octanol–water partition coefficient (Wildman–Crippen LogP) is 3.13. The molecule has 0 radical (unpaired) electrons. The lowest BCUT2D eigenvalue weighted by molar-refractivity contribution is 0.595. The van der Waals surface area contributed by atoms with Gasteiger partial charge in [-0.15, -0.1) is 0 Å². The summed E-state index contributed by atoms with van der Waals surface area (Å²) in [6.07, 6.45) is 4.52. The fourth-order valence-corrected chi connectivity index (χ4v) is 1.98. The molecule has 1 aromatic carbocycles. The van der Waals surface area contributed by atoms with E-state index in [0.717, 1.165) is 18.5 Å². The van der Waals surface area contributed by atoms with Crippen LogP contribution in [0.3, 0.4) is 0 Å². The standard InChI is InChI=1S/C13H15ClFN3/c1-2-5-18-8-9(7-17-18)13(16)11-4-3-10(14)6-12(11)15/h3-4,6-8,13H,2,5,16H2,1H3. The molecule has 2 N–H and O–H groups in total. The average Bonchev–Trinajstić information content (AvgIpc) is 2.77. The third kappa shape index (κ3) is 2.71. The normalized spacial score (nSPS) is 12.7. The van der Waals surface area contributed by atoms with Crippen LogP contribution in [0.15, 0.2) is 30.6 Å². The first-order chi connectivity index (χ1) is 8.61. The van der Waals surface area contributed by atoms with Gasteiger partial charge in [0.25, 0.3) is 0 Å². The SMILES string of the molecule is CCCn1cc(C(N)c2ccc(Cl)cc2F)cn1. The zero-order chi connectivity index (χ0) is 13.1. The van der Waals surface area contributed by atoms with Gasteiger partial charge in [-0.1, -0.05) is 24.6 Å². The number of hydrogen-bond acceptors (Lipinski definition) is 2. The number of hydrogen-bond donors (Lipinski definition) is 1. The Bertz CT molecular complexity index is 539. The van der Waals surface area contributed by atoms with E-state index in [2.05, 4.69) is 12.0 Å². The molecule has 1 atom stereocenters. The number of nitrogens with zero attached hydrogens (tertiary/aromatic N) is 2. The largest absolute Gasteiger partial charge is 0.320 e. The first-order valence-electron chi connectivity index (χ1n) is 5.84. The van der Waals surface area contributed by atoms with Crippen molar-refractivity contribution in [2.75, 3.05) is 0 Å². The summed E-state index contributed by atoms with van der Waals surface area (Å²) in [6.45, 7) is 2.90. The number of aryl methyl sites for hydroxylation is 1. The van der Waals surface area contributed by atoms with Crippen molar-refractivity contribution in [1.82, 2.24) is 9.78 Å². The average molecular weight is 268 g/mol. The summed E-state index contributed by atoms with van der Waals surface area (Å²) in [4.78, 5) is 0. The van der Waals surface area contributed by atoms with Gasteiger partial charge in [0.15, 0.2) is 0 Å². The topological polar surface area (TPSA) is 43.8 Å². The molecule has 0 aliphatic heterocycles. The molecular formula is C13H15ClFN3. The Hall–Kier alpha value is -1.39. The van der Waals surface area contributed by atoms with Crippen LogP contribution in [0.4, 0.5) is 4.39 Å². The molecule has 1 unspecified atom stereocenters. The highest BCUT2D eigenvalue weighted by Gasteiger charge is 2.15. The van der Waals surface area contributed by atoms with E-state index >= 15 is 0 Å². The maximum atomic E-state index is 13.7.